The second-order valence-electron chi connectivity index (χ2n) is 3.85. The molecule has 1 aromatic carbocycles. The molecule has 0 saturated heterocycles. The van der Waals surface area contributed by atoms with E-state index in [0.717, 1.165) is 0 Å². The first-order valence-electron chi connectivity index (χ1n) is 4.91. The Morgan fingerprint density at radius 1 is 1.25 bits per heavy atom. The van der Waals surface area contributed by atoms with Crippen LogP contribution in [0.1, 0.15) is 6.42 Å². The van der Waals surface area contributed by atoms with Crippen LogP contribution in [-0.2, 0) is 4.79 Å². The number of amides is 1. The highest BCUT2D eigenvalue weighted by atomic mass is 19.4. The lowest BCUT2D eigenvalue weighted by molar-refractivity contribution is -0.153. The van der Waals surface area contributed by atoms with Gasteiger partial charge >= 0.3 is 6.18 Å². The van der Waals surface area contributed by atoms with E-state index in [1.807, 2.05) is 0 Å². The van der Waals surface area contributed by atoms with Crippen molar-refractivity contribution in [3.8, 4) is 0 Å². The number of alkyl halides is 3. The summed E-state index contributed by atoms with van der Waals surface area (Å²) in [5.41, 5.74) is 0.528. The molecule has 0 radical (unpaired) electrons. The summed E-state index contributed by atoms with van der Waals surface area (Å²) in [6, 6.07) is 8.48. The van der Waals surface area contributed by atoms with Gasteiger partial charge < -0.3 is 5.32 Å². The average molecular weight is 229 g/mol. The van der Waals surface area contributed by atoms with Gasteiger partial charge in [-0.2, -0.15) is 13.2 Å². The Hall–Kier alpha value is -1.52. The quantitative estimate of drug-likeness (QED) is 0.830. The van der Waals surface area contributed by atoms with E-state index < -0.39 is 23.9 Å². The maximum absolute atomic E-state index is 12.2. The van der Waals surface area contributed by atoms with E-state index >= 15 is 0 Å². The Balaban J connectivity index is 1.92. The molecular weight excluding hydrogens is 219 g/mol. The maximum atomic E-state index is 12.2. The third kappa shape index (κ3) is 2.35. The number of halogens is 3. The molecule has 2 nitrogen and oxygen atoms in total. The minimum atomic E-state index is -4.25. The molecule has 1 N–H and O–H groups in total. The van der Waals surface area contributed by atoms with Crippen LogP contribution in [0.5, 0.6) is 0 Å². The molecule has 0 heterocycles. The van der Waals surface area contributed by atoms with Crippen molar-refractivity contribution in [1.82, 2.24) is 0 Å². The van der Waals surface area contributed by atoms with Crippen LogP contribution in [0.3, 0.4) is 0 Å². The lowest BCUT2D eigenvalue weighted by atomic mass is 10.2. The van der Waals surface area contributed by atoms with Gasteiger partial charge in [-0.05, 0) is 18.6 Å². The van der Waals surface area contributed by atoms with Crippen LogP contribution >= 0.6 is 0 Å². The predicted octanol–water partition coefficient (Wildman–Crippen LogP) is 2.82. The van der Waals surface area contributed by atoms with Gasteiger partial charge in [-0.1, -0.05) is 18.2 Å². The molecule has 1 amide bonds. The van der Waals surface area contributed by atoms with Gasteiger partial charge in [-0.25, -0.2) is 0 Å². The Labute approximate surface area is 90.5 Å². The monoisotopic (exact) mass is 229 g/mol. The highest BCUT2D eigenvalue weighted by molar-refractivity contribution is 5.94. The summed E-state index contributed by atoms with van der Waals surface area (Å²) in [5, 5.41) is 2.47. The zero-order chi connectivity index (χ0) is 11.8. The predicted molar refractivity (Wildman–Crippen MR) is 52.7 cm³/mol. The fourth-order valence-corrected chi connectivity index (χ4v) is 1.60. The summed E-state index contributed by atoms with van der Waals surface area (Å²) < 4.78 is 36.6. The lowest BCUT2D eigenvalue weighted by Gasteiger charge is -2.06. The van der Waals surface area contributed by atoms with E-state index in [0.29, 0.717) is 5.69 Å². The highest BCUT2D eigenvalue weighted by Gasteiger charge is 2.58. The van der Waals surface area contributed by atoms with E-state index in [4.69, 9.17) is 0 Å². The molecule has 1 aliphatic carbocycles. The number of rotatable bonds is 2. The van der Waals surface area contributed by atoms with Gasteiger partial charge in [0.2, 0.25) is 5.91 Å². The van der Waals surface area contributed by atoms with Crippen LogP contribution in [0.25, 0.3) is 0 Å². The van der Waals surface area contributed by atoms with Crippen LogP contribution in [0.15, 0.2) is 30.3 Å². The lowest BCUT2D eigenvalue weighted by Crippen LogP contribution is -2.20. The number of carbonyl (C=O) groups is 1. The number of benzene rings is 1. The number of hydrogen-bond donors (Lipinski definition) is 1. The van der Waals surface area contributed by atoms with Crippen LogP contribution in [0, 0.1) is 11.8 Å². The van der Waals surface area contributed by atoms with Crippen LogP contribution in [-0.4, -0.2) is 12.1 Å². The molecule has 0 aliphatic heterocycles. The molecule has 0 bridgehead atoms. The molecule has 1 fully saturated rings. The molecule has 2 atom stereocenters. The SMILES string of the molecule is O=C(Nc1ccccc1)[C@@H]1C[C@@H]1C(F)(F)F. The molecule has 2 rings (SSSR count). The topological polar surface area (TPSA) is 29.1 Å². The summed E-state index contributed by atoms with van der Waals surface area (Å²) in [5.74, 6) is -2.93. The molecule has 16 heavy (non-hydrogen) atoms. The molecule has 0 unspecified atom stereocenters. The van der Waals surface area contributed by atoms with Gasteiger partial charge in [0.25, 0.3) is 0 Å². The average Bonchev–Trinajstić information content (AvgIpc) is 2.97. The Morgan fingerprint density at radius 2 is 1.88 bits per heavy atom. The Kier molecular flexibility index (Phi) is 2.61. The van der Waals surface area contributed by atoms with E-state index in [-0.39, 0.29) is 6.42 Å². The van der Waals surface area contributed by atoms with Crippen molar-refractivity contribution in [2.45, 2.75) is 12.6 Å². The molecule has 0 spiro atoms. The van der Waals surface area contributed by atoms with Crippen molar-refractivity contribution in [2.24, 2.45) is 11.8 Å². The van der Waals surface area contributed by atoms with Crippen LogP contribution in [0.2, 0.25) is 0 Å². The van der Waals surface area contributed by atoms with Crippen molar-refractivity contribution >= 4 is 11.6 Å². The summed E-state index contributed by atoms with van der Waals surface area (Å²) in [4.78, 5) is 11.4. The first-order valence-corrected chi connectivity index (χ1v) is 4.91. The molecule has 5 heteroatoms. The van der Waals surface area contributed by atoms with Gasteiger partial charge in [0.1, 0.15) is 0 Å². The van der Waals surface area contributed by atoms with E-state index in [2.05, 4.69) is 5.32 Å². The second kappa shape index (κ2) is 3.81. The second-order valence-corrected chi connectivity index (χ2v) is 3.85. The fraction of sp³-hybridized carbons (Fsp3) is 0.364. The summed E-state index contributed by atoms with van der Waals surface area (Å²) in [7, 11) is 0. The van der Waals surface area contributed by atoms with Gasteiger partial charge in [-0.3, -0.25) is 4.79 Å². The van der Waals surface area contributed by atoms with Crippen molar-refractivity contribution in [2.75, 3.05) is 5.32 Å². The normalized spacial score (nSPS) is 23.9. The minimum absolute atomic E-state index is 0.0951. The molecule has 1 aliphatic rings. The third-order valence-corrected chi connectivity index (χ3v) is 2.59. The molecule has 0 aromatic heterocycles. The van der Waals surface area contributed by atoms with Gasteiger partial charge in [-0.15, -0.1) is 0 Å². The smallest absolute Gasteiger partial charge is 0.326 e. The van der Waals surface area contributed by atoms with Crippen molar-refractivity contribution in [3.63, 3.8) is 0 Å². The largest absolute Gasteiger partial charge is 0.392 e. The molecule has 1 saturated carbocycles. The van der Waals surface area contributed by atoms with Gasteiger partial charge in [0.15, 0.2) is 0 Å². The van der Waals surface area contributed by atoms with Crippen LogP contribution < -0.4 is 5.32 Å². The zero-order valence-corrected chi connectivity index (χ0v) is 8.29. The fourth-order valence-electron chi connectivity index (χ4n) is 1.60. The minimum Gasteiger partial charge on any atom is -0.326 e. The van der Waals surface area contributed by atoms with Crippen molar-refractivity contribution in [3.05, 3.63) is 30.3 Å². The number of carbonyl (C=O) groups excluding carboxylic acids is 1. The number of hydrogen-bond acceptors (Lipinski definition) is 1. The molecule has 1 aromatic rings. The van der Waals surface area contributed by atoms with Crippen molar-refractivity contribution < 1.29 is 18.0 Å². The van der Waals surface area contributed by atoms with E-state index in [1.165, 1.54) is 0 Å². The molecule has 86 valence electrons. The maximum Gasteiger partial charge on any atom is 0.392 e. The van der Waals surface area contributed by atoms with Crippen molar-refractivity contribution in [1.29, 1.82) is 0 Å². The highest BCUT2D eigenvalue weighted by Crippen LogP contribution is 2.50. The van der Waals surface area contributed by atoms with Gasteiger partial charge in [0, 0.05) is 5.69 Å². The number of anilines is 1. The van der Waals surface area contributed by atoms with Gasteiger partial charge in [0.05, 0.1) is 11.8 Å². The van der Waals surface area contributed by atoms with E-state index in [9.17, 15) is 18.0 Å². The summed E-state index contributed by atoms with van der Waals surface area (Å²) in [6.45, 7) is 0. The number of para-hydroxylation sites is 1. The Morgan fingerprint density at radius 3 is 2.38 bits per heavy atom. The first-order chi connectivity index (χ1) is 7.48. The molecular formula is C11H10F3NO. The Bertz CT molecular complexity index is 388. The summed E-state index contributed by atoms with van der Waals surface area (Å²) in [6.07, 6.45) is -4.35. The zero-order valence-electron chi connectivity index (χ0n) is 8.29. The first kappa shape index (κ1) is 11.0. The van der Waals surface area contributed by atoms with Crippen LogP contribution in [0.4, 0.5) is 18.9 Å². The standard InChI is InChI=1S/C11H10F3NO/c12-11(13,14)9-6-8(9)10(16)15-7-4-2-1-3-5-7/h1-5,8-9H,6H2,(H,15,16)/t8-,9+/m1/s1. The van der Waals surface area contributed by atoms with E-state index in [1.54, 1.807) is 30.3 Å². The third-order valence-electron chi connectivity index (χ3n) is 2.59. The summed E-state index contributed by atoms with van der Waals surface area (Å²) >= 11 is 0. The number of nitrogens with one attached hydrogen (secondary N) is 1.